The molecule has 0 aromatic heterocycles. The molecular weight excluding hydrogens is 445 g/mol. The van der Waals surface area contributed by atoms with E-state index in [1.165, 1.54) is 49.2 Å². The Morgan fingerprint density at radius 2 is 1.59 bits per heavy atom. The van der Waals surface area contributed by atoms with Crippen molar-refractivity contribution in [3.8, 4) is 0 Å². The molecule has 0 saturated carbocycles. The average Bonchev–Trinajstić information content (AvgIpc) is 3.36. The molecule has 174 valence electrons. The zero-order chi connectivity index (χ0) is 24.1. The predicted octanol–water partition coefficient (Wildman–Crippen LogP) is 6.54. The zero-order valence-corrected chi connectivity index (χ0v) is 23.4. The standard InChI is InChI=1S/C31H36OSi2/c1-7-22-16-17-26-24-13-9-8-12-23(24)20-28(26)31(22)29-21-30(27-15-11-10-14-25(27)29)34(5,6)19-18-32-33(2,3)4/h7-17,20-21,29H,18-19H2,1-6H3. The van der Waals surface area contributed by atoms with Crippen molar-refractivity contribution in [3.05, 3.63) is 110 Å². The van der Waals surface area contributed by atoms with Crippen LogP contribution in [0.2, 0.25) is 38.8 Å². The van der Waals surface area contributed by atoms with Gasteiger partial charge in [-0.05, 0) is 81.8 Å². The lowest BCUT2D eigenvalue weighted by Gasteiger charge is -2.27. The third kappa shape index (κ3) is 4.11. The molecule has 5 rings (SSSR count). The third-order valence-electron chi connectivity index (χ3n) is 7.40. The normalized spacial score (nSPS) is 17.2. The molecule has 0 amide bonds. The number of hydrogen-bond donors (Lipinski definition) is 0. The summed E-state index contributed by atoms with van der Waals surface area (Å²) in [6, 6.07) is 23.7. The van der Waals surface area contributed by atoms with E-state index in [4.69, 9.17) is 4.43 Å². The van der Waals surface area contributed by atoms with Crippen LogP contribution < -0.4 is 10.4 Å². The number of fused-ring (bicyclic) bond motifs is 3. The second-order valence-corrected chi connectivity index (χ2v) is 20.6. The summed E-state index contributed by atoms with van der Waals surface area (Å²) in [4.78, 5) is 0. The van der Waals surface area contributed by atoms with Crippen LogP contribution in [-0.2, 0) is 4.43 Å². The van der Waals surface area contributed by atoms with Gasteiger partial charge in [0.05, 0.1) is 8.07 Å². The maximum atomic E-state index is 6.29. The molecule has 2 aliphatic carbocycles. The zero-order valence-electron chi connectivity index (χ0n) is 21.4. The van der Waals surface area contributed by atoms with E-state index in [0.29, 0.717) is 5.92 Å². The molecule has 1 unspecified atom stereocenters. The fraction of sp³-hybridized carbons (Fsp3) is 0.290. The summed E-state index contributed by atoms with van der Waals surface area (Å²) < 4.78 is 6.29. The molecule has 0 spiro atoms. The second-order valence-electron chi connectivity index (χ2n) is 11.3. The van der Waals surface area contributed by atoms with Gasteiger partial charge in [0.15, 0.2) is 8.32 Å². The first kappa shape index (κ1) is 23.3. The van der Waals surface area contributed by atoms with Gasteiger partial charge in [0, 0.05) is 12.5 Å². The first-order chi connectivity index (χ1) is 16.2. The van der Waals surface area contributed by atoms with Crippen LogP contribution in [0, 0.1) is 10.4 Å². The van der Waals surface area contributed by atoms with Gasteiger partial charge < -0.3 is 4.43 Å². The minimum Gasteiger partial charge on any atom is -0.418 e. The molecule has 34 heavy (non-hydrogen) atoms. The number of benzene rings is 3. The summed E-state index contributed by atoms with van der Waals surface area (Å²) in [6.45, 7) is 15.0. The molecular formula is C31H36OSi2. The lowest BCUT2D eigenvalue weighted by Crippen LogP contribution is -2.33. The maximum Gasteiger partial charge on any atom is 0.183 e. The summed E-state index contributed by atoms with van der Waals surface area (Å²) >= 11 is 0. The van der Waals surface area contributed by atoms with Crippen LogP contribution in [0.25, 0.3) is 17.3 Å². The van der Waals surface area contributed by atoms with Crippen LogP contribution in [0.15, 0.2) is 66.7 Å². The molecule has 0 saturated heterocycles. The highest BCUT2D eigenvalue weighted by molar-refractivity contribution is 6.95. The Morgan fingerprint density at radius 1 is 0.853 bits per heavy atom. The summed E-state index contributed by atoms with van der Waals surface area (Å²) in [6.07, 6.45) is 7.31. The highest BCUT2D eigenvalue weighted by Gasteiger charge is 2.36. The Balaban J connectivity index is 1.66. The Kier molecular flexibility index (Phi) is 5.91. The molecule has 1 nitrogen and oxygen atoms in total. The fourth-order valence-electron chi connectivity index (χ4n) is 5.60. The minimum absolute atomic E-state index is 0.294. The Morgan fingerprint density at radius 3 is 2.35 bits per heavy atom. The highest BCUT2D eigenvalue weighted by Crippen LogP contribution is 2.45. The van der Waals surface area contributed by atoms with Gasteiger partial charge in [-0.15, -0.1) is 0 Å². The van der Waals surface area contributed by atoms with E-state index in [1.807, 2.05) is 0 Å². The topological polar surface area (TPSA) is 9.23 Å². The molecule has 0 radical (unpaired) electrons. The minimum atomic E-state index is -1.67. The van der Waals surface area contributed by atoms with Gasteiger partial charge in [0.25, 0.3) is 0 Å². The summed E-state index contributed by atoms with van der Waals surface area (Å²) in [7, 11) is -3.17. The van der Waals surface area contributed by atoms with Gasteiger partial charge in [-0.2, -0.15) is 0 Å². The summed E-state index contributed by atoms with van der Waals surface area (Å²) in [5.41, 5.74) is 5.79. The van der Waals surface area contributed by atoms with E-state index in [9.17, 15) is 0 Å². The van der Waals surface area contributed by atoms with Crippen LogP contribution in [0.1, 0.15) is 35.1 Å². The van der Waals surface area contributed by atoms with Crippen molar-refractivity contribution in [1.29, 1.82) is 0 Å². The summed E-state index contributed by atoms with van der Waals surface area (Å²) in [5.74, 6) is 0.294. The average molecular weight is 481 g/mol. The Labute approximate surface area is 206 Å². The van der Waals surface area contributed by atoms with Crippen LogP contribution in [0.5, 0.6) is 0 Å². The van der Waals surface area contributed by atoms with E-state index in [-0.39, 0.29) is 0 Å². The van der Waals surface area contributed by atoms with E-state index in [0.717, 1.165) is 6.61 Å². The van der Waals surface area contributed by atoms with E-state index in [2.05, 4.69) is 119 Å². The van der Waals surface area contributed by atoms with Gasteiger partial charge >= 0.3 is 0 Å². The Hall–Kier alpha value is -2.47. The lowest BCUT2D eigenvalue weighted by molar-refractivity contribution is 0.332. The van der Waals surface area contributed by atoms with E-state index >= 15 is 0 Å². The van der Waals surface area contributed by atoms with E-state index < -0.39 is 16.4 Å². The third-order valence-corrected chi connectivity index (χ3v) is 11.8. The molecule has 3 aromatic rings. The molecule has 0 fully saturated rings. The highest BCUT2D eigenvalue weighted by atomic mass is 28.4. The molecule has 1 atom stereocenters. The van der Waals surface area contributed by atoms with Gasteiger partial charge in [-0.3, -0.25) is 0 Å². The first-order valence-electron chi connectivity index (χ1n) is 12.6. The van der Waals surface area contributed by atoms with Crippen molar-refractivity contribution in [3.63, 3.8) is 0 Å². The van der Waals surface area contributed by atoms with Gasteiger partial charge in [0.2, 0.25) is 0 Å². The number of rotatable bonds is 6. The van der Waals surface area contributed by atoms with Crippen molar-refractivity contribution in [2.75, 3.05) is 6.61 Å². The SMILES string of the molecule is CC=c1ccc2c(c1C1C=C([Si](C)(C)CCO[Si](C)(C)C)c3ccccc31)C=c1ccccc1=2. The van der Waals surface area contributed by atoms with Crippen molar-refractivity contribution in [1.82, 2.24) is 0 Å². The molecule has 0 aliphatic heterocycles. The van der Waals surface area contributed by atoms with Crippen LogP contribution in [0.4, 0.5) is 0 Å². The molecule has 0 bridgehead atoms. The molecule has 3 heteroatoms. The first-order valence-corrected chi connectivity index (χ1v) is 19.2. The lowest BCUT2D eigenvalue weighted by atomic mass is 9.87. The van der Waals surface area contributed by atoms with E-state index in [1.54, 1.807) is 5.20 Å². The monoisotopic (exact) mass is 480 g/mol. The molecule has 0 N–H and O–H groups in total. The largest absolute Gasteiger partial charge is 0.418 e. The smallest absolute Gasteiger partial charge is 0.183 e. The van der Waals surface area contributed by atoms with Gasteiger partial charge in [-0.25, -0.2) is 0 Å². The molecule has 3 aromatic carbocycles. The number of allylic oxidation sites excluding steroid dienone is 1. The van der Waals surface area contributed by atoms with Crippen molar-refractivity contribution in [2.24, 2.45) is 0 Å². The van der Waals surface area contributed by atoms with Crippen LogP contribution in [0.3, 0.4) is 0 Å². The maximum absolute atomic E-state index is 6.29. The van der Waals surface area contributed by atoms with Crippen LogP contribution >= 0.6 is 0 Å². The Bertz CT molecular complexity index is 1510. The summed E-state index contributed by atoms with van der Waals surface area (Å²) in [5, 5.41) is 7.01. The van der Waals surface area contributed by atoms with Crippen LogP contribution in [-0.4, -0.2) is 23.0 Å². The number of hydrogen-bond acceptors (Lipinski definition) is 1. The molecule has 2 aliphatic rings. The van der Waals surface area contributed by atoms with Gasteiger partial charge in [-0.1, -0.05) is 91.1 Å². The van der Waals surface area contributed by atoms with Crippen molar-refractivity contribution < 1.29 is 4.43 Å². The van der Waals surface area contributed by atoms with Crippen molar-refractivity contribution >= 4 is 33.7 Å². The quantitative estimate of drug-likeness (QED) is 0.285. The second kappa shape index (κ2) is 8.64. The fourth-order valence-corrected chi connectivity index (χ4v) is 8.98. The van der Waals surface area contributed by atoms with Gasteiger partial charge in [0.1, 0.15) is 0 Å². The van der Waals surface area contributed by atoms with Crippen molar-refractivity contribution in [2.45, 2.75) is 51.6 Å². The predicted molar refractivity (Wildman–Crippen MR) is 151 cm³/mol. The molecule has 0 heterocycles.